The molecule has 1 aliphatic heterocycles. The van der Waals surface area contributed by atoms with Gasteiger partial charge in [-0.15, -0.1) is 0 Å². The molecule has 0 atom stereocenters. The zero-order chi connectivity index (χ0) is 14.9. The Morgan fingerprint density at radius 2 is 1.60 bits per heavy atom. The molecular formula is C12H14F2N2O3S. The van der Waals surface area contributed by atoms with Crippen molar-refractivity contribution in [3.05, 3.63) is 29.8 Å². The molecule has 0 aromatic heterocycles. The van der Waals surface area contributed by atoms with E-state index >= 15 is 0 Å². The van der Waals surface area contributed by atoms with Crippen LogP contribution in [0.4, 0.5) is 8.78 Å². The van der Waals surface area contributed by atoms with Crippen LogP contribution in [-0.2, 0) is 14.8 Å². The Morgan fingerprint density at radius 3 is 2.05 bits per heavy atom. The average molecular weight is 304 g/mol. The molecule has 5 nitrogen and oxygen atoms in total. The van der Waals surface area contributed by atoms with Crippen LogP contribution >= 0.6 is 0 Å². The molecule has 1 aromatic carbocycles. The summed E-state index contributed by atoms with van der Waals surface area (Å²) in [5, 5.41) is 0. The van der Waals surface area contributed by atoms with Crippen LogP contribution in [0.3, 0.4) is 0 Å². The molecule has 0 saturated carbocycles. The topological polar surface area (TPSA) is 57.7 Å². The molecule has 110 valence electrons. The number of halogens is 2. The van der Waals surface area contributed by atoms with E-state index in [0.717, 1.165) is 22.5 Å². The Balaban J connectivity index is 2.27. The molecule has 1 aliphatic rings. The quantitative estimate of drug-likeness (QED) is 0.813. The third-order valence-electron chi connectivity index (χ3n) is 3.20. The Kier molecular flexibility index (Phi) is 4.05. The van der Waals surface area contributed by atoms with Gasteiger partial charge >= 0.3 is 0 Å². The maximum absolute atomic E-state index is 13.6. The summed E-state index contributed by atoms with van der Waals surface area (Å²) in [7, 11) is -4.23. The molecule has 0 N–H and O–H groups in total. The summed E-state index contributed by atoms with van der Waals surface area (Å²) in [6, 6.07) is 2.92. The van der Waals surface area contributed by atoms with Crippen molar-refractivity contribution in [2.45, 2.75) is 11.8 Å². The van der Waals surface area contributed by atoms with Crippen LogP contribution in [0.25, 0.3) is 0 Å². The minimum atomic E-state index is -4.23. The van der Waals surface area contributed by atoms with Crippen molar-refractivity contribution < 1.29 is 22.0 Å². The number of piperazine rings is 1. The maximum atomic E-state index is 13.6. The van der Waals surface area contributed by atoms with E-state index in [4.69, 9.17) is 0 Å². The molecule has 0 radical (unpaired) electrons. The highest BCUT2D eigenvalue weighted by Gasteiger charge is 2.33. The van der Waals surface area contributed by atoms with Crippen LogP contribution in [0.5, 0.6) is 0 Å². The van der Waals surface area contributed by atoms with Crippen LogP contribution in [0, 0.1) is 11.6 Å². The molecule has 0 aliphatic carbocycles. The number of carbonyl (C=O) groups is 1. The normalized spacial score (nSPS) is 17.2. The fourth-order valence-corrected chi connectivity index (χ4v) is 3.63. The second kappa shape index (κ2) is 5.45. The number of rotatable bonds is 2. The number of hydrogen-bond acceptors (Lipinski definition) is 3. The van der Waals surface area contributed by atoms with E-state index in [1.807, 2.05) is 0 Å². The van der Waals surface area contributed by atoms with E-state index in [1.165, 1.54) is 11.8 Å². The van der Waals surface area contributed by atoms with Crippen molar-refractivity contribution in [3.63, 3.8) is 0 Å². The Bertz CT molecular complexity index is 605. The Hall–Kier alpha value is -1.54. The molecule has 0 bridgehead atoms. The van der Waals surface area contributed by atoms with E-state index < -0.39 is 26.6 Å². The average Bonchev–Trinajstić information content (AvgIpc) is 2.38. The van der Waals surface area contributed by atoms with E-state index in [9.17, 15) is 22.0 Å². The first-order valence-corrected chi connectivity index (χ1v) is 7.47. The lowest BCUT2D eigenvalue weighted by Crippen LogP contribution is -2.50. The number of carbonyl (C=O) groups excluding carboxylic acids is 1. The highest BCUT2D eigenvalue weighted by molar-refractivity contribution is 7.89. The number of sulfonamides is 1. The third kappa shape index (κ3) is 2.66. The molecule has 1 saturated heterocycles. The highest BCUT2D eigenvalue weighted by Crippen LogP contribution is 2.23. The lowest BCUT2D eigenvalue weighted by atomic mass is 10.3. The van der Waals surface area contributed by atoms with Gasteiger partial charge in [0.2, 0.25) is 15.9 Å². The van der Waals surface area contributed by atoms with Gasteiger partial charge in [0.15, 0.2) is 4.90 Å². The van der Waals surface area contributed by atoms with Crippen LogP contribution in [0.15, 0.2) is 23.1 Å². The van der Waals surface area contributed by atoms with Crippen LogP contribution in [0.2, 0.25) is 0 Å². The summed E-state index contributed by atoms with van der Waals surface area (Å²) in [6.07, 6.45) is 0. The van der Waals surface area contributed by atoms with Gasteiger partial charge in [-0.05, 0) is 12.1 Å². The molecular weight excluding hydrogens is 290 g/mol. The number of hydrogen-bond donors (Lipinski definition) is 0. The molecule has 2 rings (SSSR count). The Labute approximate surface area is 115 Å². The first-order valence-electron chi connectivity index (χ1n) is 6.03. The van der Waals surface area contributed by atoms with Gasteiger partial charge in [-0.3, -0.25) is 4.79 Å². The van der Waals surface area contributed by atoms with Gasteiger partial charge in [-0.25, -0.2) is 17.2 Å². The Morgan fingerprint density at radius 1 is 1.10 bits per heavy atom. The summed E-state index contributed by atoms with van der Waals surface area (Å²) >= 11 is 0. The monoisotopic (exact) mass is 304 g/mol. The lowest BCUT2D eigenvalue weighted by Gasteiger charge is -2.33. The molecule has 0 spiro atoms. The SMILES string of the molecule is CC(=O)N1CCN(S(=O)(=O)c2c(F)cccc2F)CC1. The van der Waals surface area contributed by atoms with Crippen molar-refractivity contribution in [3.8, 4) is 0 Å². The largest absolute Gasteiger partial charge is 0.340 e. The zero-order valence-electron chi connectivity index (χ0n) is 10.8. The van der Waals surface area contributed by atoms with Gasteiger partial charge < -0.3 is 4.90 Å². The fourth-order valence-electron chi connectivity index (χ4n) is 2.10. The smallest absolute Gasteiger partial charge is 0.249 e. The molecule has 0 unspecified atom stereocenters. The van der Waals surface area contributed by atoms with Crippen LogP contribution in [-0.4, -0.2) is 49.7 Å². The number of amides is 1. The van der Waals surface area contributed by atoms with Crippen molar-refractivity contribution in [1.82, 2.24) is 9.21 Å². The van der Waals surface area contributed by atoms with E-state index in [1.54, 1.807) is 0 Å². The van der Waals surface area contributed by atoms with Gasteiger partial charge in [0.1, 0.15) is 11.6 Å². The highest BCUT2D eigenvalue weighted by atomic mass is 32.2. The summed E-state index contributed by atoms with van der Waals surface area (Å²) in [6.45, 7) is 1.86. The summed E-state index contributed by atoms with van der Waals surface area (Å²) in [4.78, 5) is 11.7. The van der Waals surface area contributed by atoms with Gasteiger partial charge in [0, 0.05) is 33.1 Å². The van der Waals surface area contributed by atoms with Crippen molar-refractivity contribution in [2.75, 3.05) is 26.2 Å². The first kappa shape index (κ1) is 14.9. The predicted molar refractivity (Wildman–Crippen MR) is 67.4 cm³/mol. The van der Waals surface area contributed by atoms with Gasteiger partial charge in [0.05, 0.1) is 0 Å². The minimum absolute atomic E-state index is 0.0235. The minimum Gasteiger partial charge on any atom is -0.340 e. The van der Waals surface area contributed by atoms with Gasteiger partial charge in [0.25, 0.3) is 0 Å². The standard InChI is InChI=1S/C12H14F2N2O3S/c1-9(17)15-5-7-16(8-6-15)20(18,19)12-10(13)3-2-4-11(12)14/h2-4H,5-8H2,1H3. The van der Waals surface area contributed by atoms with E-state index in [-0.39, 0.29) is 32.1 Å². The summed E-state index contributed by atoms with van der Waals surface area (Å²) in [5.41, 5.74) is 0. The number of nitrogens with zero attached hydrogens (tertiary/aromatic N) is 2. The molecule has 1 heterocycles. The molecule has 8 heteroatoms. The second-order valence-electron chi connectivity index (χ2n) is 4.46. The van der Waals surface area contributed by atoms with Crippen molar-refractivity contribution in [1.29, 1.82) is 0 Å². The molecule has 20 heavy (non-hydrogen) atoms. The van der Waals surface area contributed by atoms with E-state index in [2.05, 4.69) is 0 Å². The summed E-state index contributed by atoms with van der Waals surface area (Å²) in [5.74, 6) is -2.38. The number of benzene rings is 1. The van der Waals surface area contributed by atoms with Gasteiger partial charge in [-0.2, -0.15) is 4.31 Å². The zero-order valence-corrected chi connectivity index (χ0v) is 11.7. The van der Waals surface area contributed by atoms with Gasteiger partial charge in [-0.1, -0.05) is 6.07 Å². The fraction of sp³-hybridized carbons (Fsp3) is 0.417. The van der Waals surface area contributed by atoms with Crippen LogP contribution < -0.4 is 0 Å². The second-order valence-corrected chi connectivity index (χ2v) is 6.34. The van der Waals surface area contributed by atoms with Crippen molar-refractivity contribution >= 4 is 15.9 Å². The molecule has 1 aromatic rings. The summed E-state index contributed by atoms with van der Waals surface area (Å²) < 4.78 is 52.7. The molecule has 1 amide bonds. The maximum Gasteiger partial charge on any atom is 0.249 e. The lowest BCUT2D eigenvalue weighted by molar-refractivity contribution is -0.129. The first-order chi connectivity index (χ1) is 9.34. The third-order valence-corrected chi connectivity index (χ3v) is 5.15. The van der Waals surface area contributed by atoms with E-state index in [0.29, 0.717) is 0 Å². The molecule has 1 fully saturated rings. The predicted octanol–water partition coefficient (Wildman–Crippen LogP) is 0.818. The van der Waals surface area contributed by atoms with Crippen LogP contribution in [0.1, 0.15) is 6.92 Å². The van der Waals surface area contributed by atoms with Crippen molar-refractivity contribution in [2.24, 2.45) is 0 Å².